The van der Waals surface area contributed by atoms with Crippen molar-refractivity contribution in [1.29, 1.82) is 0 Å². The summed E-state index contributed by atoms with van der Waals surface area (Å²) >= 11 is 0. The molecular formula is C23H27N3O4. The number of hydrogen-bond acceptors (Lipinski definition) is 5. The fourth-order valence-corrected chi connectivity index (χ4v) is 3.94. The zero-order chi connectivity index (χ0) is 21.1. The van der Waals surface area contributed by atoms with Crippen molar-refractivity contribution >= 4 is 23.2 Å². The smallest absolute Gasteiger partial charge is 0.256 e. The van der Waals surface area contributed by atoms with Gasteiger partial charge in [-0.3, -0.25) is 9.59 Å². The summed E-state index contributed by atoms with van der Waals surface area (Å²) in [5.74, 6) is 0.919. The van der Waals surface area contributed by atoms with Gasteiger partial charge in [-0.2, -0.15) is 0 Å². The molecule has 0 spiro atoms. The minimum absolute atomic E-state index is 0.0129. The van der Waals surface area contributed by atoms with Crippen molar-refractivity contribution in [3.63, 3.8) is 0 Å². The number of nitrogens with zero attached hydrogens (tertiary/aromatic N) is 2. The molecule has 158 valence electrons. The molecule has 2 aromatic rings. The second kappa shape index (κ2) is 8.65. The molecule has 2 aliphatic rings. The normalized spacial score (nSPS) is 14.7. The van der Waals surface area contributed by atoms with Crippen molar-refractivity contribution in [3.05, 3.63) is 47.5 Å². The summed E-state index contributed by atoms with van der Waals surface area (Å²) in [6, 6.07) is 10.7. The van der Waals surface area contributed by atoms with Gasteiger partial charge in [-0.25, -0.2) is 0 Å². The molecule has 0 unspecified atom stereocenters. The van der Waals surface area contributed by atoms with Gasteiger partial charge >= 0.3 is 0 Å². The van der Waals surface area contributed by atoms with Gasteiger partial charge in [-0.1, -0.05) is 0 Å². The van der Waals surface area contributed by atoms with Gasteiger partial charge in [0.25, 0.3) is 11.8 Å². The molecule has 30 heavy (non-hydrogen) atoms. The maximum atomic E-state index is 13.2. The van der Waals surface area contributed by atoms with Gasteiger partial charge in [-0.05, 0) is 63.1 Å². The van der Waals surface area contributed by atoms with Gasteiger partial charge in [0.05, 0.1) is 5.56 Å². The average Bonchev–Trinajstić information content (AvgIpc) is 3.46. The van der Waals surface area contributed by atoms with Crippen LogP contribution in [0.1, 0.15) is 47.4 Å². The minimum Gasteiger partial charge on any atom is -0.454 e. The lowest BCUT2D eigenvalue weighted by atomic mass is 10.1. The van der Waals surface area contributed by atoms with E-state index in [4.69, 9.17) is 9.47 Å². The standard InChI is InChI=1S/C23H27N3O4/c1-3-25(4-2)23(28)18-14-17(8-9-19(18)26-11-5-6-12-26)24-22(27)16-7-10-20-21(13-16)30-15-29-20/h7-10,13-14H,3-6,11-12,15H2,1-2H3,(H,24,27). The molecule has 7 heteroatoms. The Morgan fingerprint density at radius 2 is 1.73 bits per heavy atom. The van der Waals surface area contributed by atoms with Crippen molar-refractivity contribution < 1.29 is 19.1 Å². The second-order valence-electron chi connectivity index (χ2n) is 7.43. The molecule has 2 aromatic carbocycles. The topological polar surface area (TPSA) is 71.1 Å². The fourth-order valence-electron chi connectivity index (χ4n) is 3.94. The van der Waals surface area contributed by atoms with Crippen molar-refractivity contribution in [2.24, 2.45) is 0 Å². The molecule has 0 saturated carbocycles. The second-order valence-corrected chi connectivity index (χ2v) is 7.43. The number of carbonyl (C=O) groups excluding carboxylic acids is 2. The Bertz CT molecular complexity index is 949. The van der Waals surface area contributed by atoms with E-state index in [9.17, 15) is 9.59 Å². The molecule has 2 heterocycles. The summed E-state index contributed by atoms with van der Waals surface area (Å²) < 4.78 is 10.7. The van der Waals surface area contributed by atoms with Gasteiger partial charge in [0.15, 0.2) is 11.5 Å². The van der Waals surface area contributed by atoms with Crippen LogP contribution < -0.4 is 19.7 Å². The Kier molecular flexibility index (Phi) is 5.79. The first-order valence-electron chi connectivity index (χ1n) is 10.5. The van der Waals surface area contributed by atoms with Gasteiger partial charge in [0, 0.05) is 43.1 Å². The monoisotopic (exact) mass is 409 g/mol. The van der Waals surface area contributed by atoms with Crippen LogP contribution in [0.2, 0.25) is 0 Å². The predicted octanol–water partition coefficient (Wildman–Crippen LogP) is 3.75. The molecule has 7 nitrogen and oxygen atoms in total. The summed E-state index contributed by atoms with van der Waals surface area (Å²) in [6.07, 6.45) is 2.25. The third-order valence-electron chi connectivity index (χ3n) is 5.62. The molecule has 1 fully saturated rings. The predicted molar refractivity (Wildman–Crippen MR) is 116 cm³/mol. The van der Waals surface area contributed by atoms with E-state index in [-0.39, 0.29) is 18.6 Å². The Morgan fingerprint density at radius 1 is 1.00 bits per heavy atom. The van der Waals surface area contributed by atoms with Crippen LogP contribution in [0, 0.1) is 0 Å². The van der Waals surface area contributed by atoms with E-state index in [1.807, 2.05) is 26.0 Å². The number of anilines is 2. The third kappa shape index (κ3) is 3.92. The zero-order valence-electron chi connectivity index (χ0n) is 17.4. The highest BCUT2D eigenvalue weighted by Crippen LogP contribution is 2.33. The van der Waals surface area contributed by atoms with E-state index < -0.39 is 0 Å². The quantitative estimate of drug-likeness (QED) is 0.787. The molecule has 2 aliphatic heterocycles. The number of amides is 2. The van der Waals surface area contributed by atoms with Gasteiger partial charge < -0.3 is 24.6 Å². The molecule has 0 aromatic heterocycles. The van der Waals surface area contributed by atoms with Gasteiger partial charge in [0.1, 0.15) is 0 Å². The number of carbonyl (C=O) groups is 2. The number of ether oxygens (including phenoxy) is 2. The van der Waals surface area contributed by atoms with E-state index in [1.54, 1.807) is 29.2 Å². The van der Waals surface area contributed by atoms with E-state index >= 15 is 0 Å². The fraction of sp³-hybridized carbons (Fsp3) is 0.391. The lowest BCUT2D eigenvalue weighted by Crippen LogP contribution is -2.32. The summed E-state index contributed by atoms with van der Waals surface area (Å²) in [6.45, 7) is 7.29. The van der Waals surface area contributed by atoms with Crippen molar-refractivity contribution in [3.8, 4) is 11.5 Å². The average molecular weight is 409 g/mol. The highest BCUT2D eigenvalue weighted by atomic mass is 16.7. The van der Waals surface area contributed by atoms with Crippen LogP contribution in [-0.2, 0) is 0 Å². The first kappa shape index (κ1) is 20.1. The van der Waals surface area contributed by atoms with E-state index in [1.165, 1.54) is 0 Å². The zero-order valence-corrected chi connectivity index (χ0v) is 17.4. The van der Waals surface area contributed by atoms with Crippen LogP contribution in [0.4, 0.5) is 11.4 Å². The van der Waals surface area contributed by atoms with Crippen molar-refractivity contribution in [2.45, 2.75) is 26.7 Å². The Labute approximate surface area is 176 Å². The molecule has 2 amide bonds. The first-order valence-corrected chi connectivity index (χ1v) is 10.5. The van der Waals surface area contributed by atoms with E-state index in [0.717, 1.165) is 31.6 Å². The molecular weight excluding hydrogens is 382 g/mol. The molecule has 1 saturated heterocycles. The molecule has 0 bridgehead atoms. The Morgan fingerprint density at radius 3 is 2.47 bits per heavy atom. The first-order chi connectivity index (χ1) is 14.6. The molecule has 4 rings (SSSR count). The lowest BCUT2D eigenvalue weighted by molar-refractivity contribution is 0.0773. The number of nitrogens with one attached hydrogen (secondary N) is 1. The van der Waals surface area contributed by atoms with Crippen LogP contribution >= 0.6 is 0 Å². The number of hydrogen-bond donors (Lipinski definition) is 1. The van der Waals surface area contributed by atoms with E-state index in [2.05, 4.69) is 10.2 Å². The molecule has 0 atom stereocenters. The summed E-state index contributed by atoms with van der Waals surface area (Å²) in [5.41, 5.74) is 2.63. The summed E-state index contributed by atoms with van der Waals surface area (Å²) in [4.78, 5) is 30.0. The molecule has 0 radical (unpaired) electrons. The van der Waals surface area contributed by atoms with Crippen LogP contribution in [0.3, 0.4) is 0 Å². The van der Waals surface area contributed by atoms with Crippen molar-refractivity contribution in [2.75, 3.05) is 43.2 Å². The Hall–Kier alpha value is -3.22. The largest absolute Gasteiger partial charge is 0.454 e. The van der Waals surface area contributed by atoms with Crippen LogP contribution in [0.25, 0.3) is 0 Å². The van der Waals surface area contributed by atoms with Gasteiger partial charge in [-0.15, -0.1) is 0 Å². The number of fused-ring (bicyclic) bond motifs is 1. The lowest BCUT2D eigenvalue weighted by Gasteiger charge is -2.25. The molecule has 0 aliphatic carbocycles. The maximum Gasteiger partial charge on any atom is 0.256 e. The van der Waals surface area contributed by atoms with Crippen LogP contribution in [-0.4, -0.2) is 49.7 Å². The number of benzene rings is 2. The number of rotatable bonds is 6. The third-order valence-corrected chi connectivity index (χ3v) is 5.62. The van der Waals surface area contributed by atoms with E-state index in [0.29, 0.717) is 41.4 Å². The Balaban J connectivity index is 1.61. The van der Waals surface area contributed by atoms with Crippen LogP contribution in [0.15, 0.2) is 36.4 Å². The van der Waals surface area contributed by atoms with Crippen LogP contribution in [0.5, 0.6) is 11.5 Å². The highest BCUT2D eigenvalue weighted by molar-refractivity contribution is 6.06. The highest BCUT2D eigenvalue weighted by Gasteiger charge is 2.23. The summed E-state index contributed by atoms with van der Waals surface area (Å²) in [5, 5.41) is 2.91. The van der Waals surface area contributed by atoms with Gasteiger partial charge in [0.2, 0.25) is 6.79 Å². The SMILES string of the molecule is CCN(CC)C(=O)c1cc(NC(=O)c2ccc3c(c2)OCO3)ccc1N1CCCC1. The summed E-state index contributed by atoms with van der Waals surface area (Å²) in [7, 11) is 0. The minimum atomic E-state index is -0.261. The maximum absolute atomic E-state index is 13.2. The molecule has 1 N–H and O–H groups in total. The van der Waals surface area contributed by atoms with Crippen molar-refractivity contribution in [1.82, 2.24) is 4.90 Å².